The number of carboxylic acids is 1. The lowest BCUT2D eigenvalue weighted by molar-refractivity contribution is -0.137. The van der Waals surface area contributed by atoms with Gasteiger partial charge in [0.25, 0.3) is 10.0 Å². The summed E-state index contributed by atoms with van der Waals surface area (Å²) in [5.74, 6) is -4.32. The summed E-state index contributed by atoms with van der Waals surface area (Å²) in [6, 6.07) is 1.61. The standard InChI is InChI=1S/C9H7Cl2N3O6S/c10-4-2-5(11)6(1-3(4)9(17)18)21(19,20)14-13-8(16)7(12)15/h1-2,14H,(H2,12,15)(H,13,16)(H,17,18). The Morgan fingerprint density at radius 2 is 1.71 bits per heavy atom. The number of hydrogen-bond donors (Lipinski definition) is 4. The van der Waals surface area contributed by atoms with Crippen LogP contribution in [-0.2, 0) is 19.6 Å². The lowest BCUT2D eigenvalue weighted by atomic mass is 10.2. The van der Waals surface area contributed by atoms with Crippen LogP contribution in [0.15, 0.2) is 17.0 Å². The highest BCUT2D eigenvalue weighted by Gasteiger charge is 2.23. The first-order chi connectivity index (χ1) is 9.56. The molecule has 12 heteroatoms. The first-order valence-electron chi connectivity index (χ1n) is 4.90. The Balaban J connectivity index is 3.20. The molecule has 0 atom stereocenters. The van der Waals surface area contributed by atoms with Crippen molar-refractivity contribution in [2.24, 2.45) is 5.73 Å². The van der Waals surface area contributed by atoms with Gasteiger partial charge in [-0.1, -0.05) is 23.2 Å². The summed E-state index contributed by atoms with van der Waals surface area (Å²) in [5.41, 5.74) is 5.62. The highest BCUT2D eigenvalue weighted by Crippen LogP contribution is 2.28. The molecule has 1 rings (SSSR count). The predicted octanol–water partition coefficient (Wildman–Crippen LogP) is -0.514. The van der Waals surface area contributed by atoms with Gasteiger partial charge in [-0.25, -0.2) is 13.2 Å². The van der Waals surface area contributed by atoms with Crippen molar-refractivity contribution in [2.75, 3.05) is 0 Å². The molecule has 0 aliphatic carbocycles. The van der Waals surface area contributed by atoms with Crippen LogP contribution in [0.2, 0.25) is 10.0 Å². The molecule has 0 spiro atoms. The number of hydrazine groups is 1. The summed E-state index contributed by atoms with van der Waals surface area (Å²) in [4.78, 5) is 33.1. The maximum Gasteiger partial charge on any atom is 0.337 e. The second-order valence-electron chi connectivity index (χ2n) is 3.49. The first kappa shape index (κ1) is 17.2. The fraction of sp³-hybridized carbons (Fsp3) is 0. The average Bonchev–Trinajstić information content (AvgIpc) is 2.34. The molecule has 0 unspecified atom stereocenters. The molecule has 0 aliphatic heterocycles. The van der Waals surface area contributed by atoms with E-state index < -0.39 is 38.3 Å². The van der Waals surface area contributed by atoms with Crippen molar-refractivity contribution < 1.29 is 27.9 Å². The molecule has 114 valence electrons. The van der Waals surface area contributed by atoms with Crippen molar-refractivity contribution in [1.29, 1.82) is 0 Å². The molecule has 2 amide bonds. The quantitative estimate of drug-likeness (QED) is 0.420. The van der Waals surface area contributed by atoms with Gasteiger partial charge in [-0.05, 0) is 12.1 Å². The second-order valence-corrected chi connectivity index (χ2v) is 5.96. The monoisotopic (exact) mass is 355 g/mol. The maximum atomic E-state index is 11.9. The zero-order chi connectivity index (χ0) is 16.4. The van der Waals surface area contributed by atoms with E-state index in [2.05, 4.69) is 5.73 Å². The molecule has 1 aromatic carbocycles. The predicted molar refractivity (Wildman–Crippen MR) is 71.1 cm³/mol. The van der Waals surface area contributed by atoms with Crippen LogP contribution in [0, 0.1) is 0 Å². The van der Waals surface area contributed by atoms with Crippen LogP contribution < -0.4 is 16.0 Å². The van der Waals surface area contributed by atoms with E-state index in [9.17, 15) is 22.8 Å². The number of rotatable bonds is 4. The van der Waals surface area contributed by atoms with E-state index in [-0.39, 0.29) is 10.0 Å². The van der Waals surface area contributed by atoms with Gasteiger partial charge in [0.15, 0.2) is 0 Å². The number of primary amides is 1. The molecular formula is C9H7Cl2N3O6S. The number of aromatic carboxylic acids is 1. The zero-order valence-electron chi connectivity index (χ0n) is 9.88. The highest BCUT2D eigenvalue weighted by atomic mass is 35.5. The number of benzene rings is 1. The van der Waals surface area contributed by atoms with Gasteiger partial charge in [0.1, 0.15) is 4.90 Å². The number of hydrogen-bond acceptors (Lipinski definition) is 5. The van der Waals surface area contributed by atoms with Gasteiger partial charge in [-0.15, -0.1) is 4.83 Å². The Morgan fingerprint density at radius 3 is 2.19 bits per heavy atom. The number of carbonyl (C=O) groups excluding carboxylic acids is 2. The van der Waals surface area contributed by atoms with Crippen LogP contribution >= 0.6 is 23.2 Å². The van der Waals surface area contributed by atoms with E-state index in [0.29, 0.717) is 6.07 Å². The van der Waals surface area contributed by atoms with Crippen molar-refractivity contribution in [3.05, 3.63) is 27.7 Å². The number of carbonyl (C=O) groups is 3. The van der Waals surface area contributed by atoms with Crippen molar-refractivity contribution in [2.45, 2.75) is 4.90 Å². The van der Waals surface area contributed by atoms with Crippen molar-refractivity contribution in [1.82, 2.24) is 10.3 Å². The van der Waals surface area contributed by atoms with Gasteiger partial charge >= 0.3 is 17.8 Å². The van der Waals surface area contributed by atoms with E-state index in [4.69, 9.17) is 28.3 Å². The molecule has 0 aliphatic rings. The van der Waals surface area contributed by atoms with E-state index in [0.717, 1.165) is 6.07 Å². The SMILES string of the molecule is NC(=O)C(=O)NNS(=O)(=O)c1cc(C(=O)O)c(Cl)cc1Cl. The molecular weight excluding hydrogens is 349 g/mol. The normalized spacial score (nSPS) is 11.0. The topological polar surface area (TPSA) is 156 Å². The van der Waals surface area contributed by atoms with E-state index >= 15 is 0 Å². The lowest BCUT2D eigenvalue weighted by Gasteiger charge is -2.10. The highest BCUT2D eigenvalue weighted by molar-refractivity contribution is 7.89. The third kappa shape index (κ3) is 4.04. The molecule has 0 radical (unpaired) electrons. The average molecular weight is 356 g/mol. The van der Waals surface area contributed by atoms with E-state index in [1.807, 2.05) is 0 Å². The summed E-state index contributed by atoms with van der Waals surface area (Å²) < 4.78 is 23.7. The fourth-order valence-electron chi connectivity index (χ4n) is 1.13. The summed E-state index contributed by atoms with van der Waals surface area (Å²) in [6.45, 7) is 0. The second kappa shape index (κ2) is 6.26. The molecule has 0 bridgehead atoms. The van der Waals surface area contributed by atoms with Crippen LogP contribution in [0.1, 0.15) is 10.4 Å². The van der Waals surface area contributed by atoms with Crippen molar-refractivity contribution in [3.63, 3.8) is 0 Å². The molecule has 0 saturated carbocycles. The molecule has 5 N–H and O–H groups in total. The molecule has 0 heterocycles. The van der Waals surface area contributed by atoms with Crippen LogP contribution in [0.25, 0.3) is 0 Å². The maximum absolute atomic E-state index is 11.9. The van der Waals surface area contributed by atoms with Crippen LogP contribution in [0.3, 0.4) is 0 Å². The molecule has 0 fully saturated rings. The molecule has 0 aromatic heterocycles. The van der Waals surface area contributed by atoms with Gasteiger partial charge in [-0.2, -0.15) is 0 Å². The molecule has 21 heavy (non-hydrogen) atoms. The molecule has 9 nitrogen and oxygen atoms in total. The Hall–Kier alpha value is -1.88. The Morgan fingerprint density at radius 1 is 1.14 bits per heavy atom. The largest absolute Gasteiger partial charge is 0.478 e. The summed E-state index contributed by atoms with van der Waals surface area (Å²) in [6.07, 6.45) is 0. The minimum Gasteiger partial charge on any atom is -0.478 e. The third-order valence-electron chi connectivity index (χ3n) is 2.06. The minimum atomic E-state index is -4.44. The van der Waals surface area contributed by atoms with Crippen LogP contribution in [0.4, 0.5) is 0 Å². The number of nitrogens with two attached hydrogens (primary N) is 1. The zero-order valence-corrected chi connectivity index (χ0v) is 12.2. The van der Waals surface area contributed by atoms with Gasteiger partial charge in [0.05, 0.1) is 15.6 Å². The first-order valence-corrected chi connectivity index (χ1v) is 7.14. The fourth-order valence-corrected chi connectivity index (χ4v) is 2.82. The number of sulfonamides is 1. The number of nitrogens with one attached hydrogen (secondary N) is 2. The summed E-state index contributed by atoms with van der Waals surface area (Å²) in [5, 5.41) is 8.21. The van der Waals surface area contributed by atoms with Gasteiger partial charge in [0.2, 0.25) is 0 Å². The Labute approximate surface area is 128 Å². The van der Waals surface area contributed by atoms with Crippen LogP contribution in [-0.4, -0.2) is 31.3 Å². The lowest BCUT2D eigenvalue weighted by Crippen LogP contribution is -2.47. The Kier molecular flexibility index (Phi) is 5.12. The number of amides is 2. The van der Waals surface area contributed by atoms with Gasteiger partial charge in [0, 0.05) is 0 Å². The van der Waals surface area contributed by atoms with Crippen molar-refractivity contribution >= 4 is 51.0 Å². The minimum absolute atomic E-state index is 0.271. The molecule has 0 saturated heterocycles. The van der Waals surface area contributed by atoms with Gasteiger partial charge < -0.3 is 10.8 Å². The summed E-state index contributed by atoms with van der Waals surface area (Å²) >= 11 is 11.3. The van der Waals surface area contributed by atoms with E-state index in [1.165, 1.54) is 10.3 Å². The Bertz CT molecular complexity index is 733. The third-order valence-corrected chi connectivity index (χ3v) is 4.09. The number of carboxylic acid groups (broad SMARTS) is 1. The number of halogens is 2. The smallest absolute Gasteiger partial charge is 0.337 e. The van der Waals surface area contributed by atoms with Crippen molar-refractivity contribution in [3.8, 4) is 0 Å². The molecule has 1 aromatic rings. The van der Waals surface area contributed by atoms with Crippen LogP contribution in [0.5, 0.6) is 0 Å². The van der Waals surface area contributed by atoms with Gasteiger partial charge in [-0.3, -0.25) is 15.0 Å². The van der Waals surface area contributed by atoms with E-state index in [1.54, 1.807) is 0 Å². The summed E-state index contributed by atoms with van der Waals surface area (Å²) in [7, 11) is -4.44.